The fraction of sp³-hybridized carbons (Fsp3) is 0.444. The van der Waals surface area contributed by atoms with Gasteiger partial charge in [0, 0.05) is 5.69 Å². The van der Waals surface area contributed by atoms with Crippen molar-refractivity contribution < 1.29 is 5.11 Å². The SMILES string of the molecule is CCC(C)c1ccc(O)c(N)n1. The molecule has 66 valence electrons. The molecule has 1 aromatic rings. The van der Waals surface area contributed by atoms with Crippen LogP contribution < -0.4 is 5.73 Å². The van der Waals surface area contributed by atoms with Crippen molar-refractivity contribution in [3.05, 3.63) is 17.8 Å². The van der Waals surface area contributed by atoms with Crippen molar-refractivity contribution in [3.63, 3.8) is 0 Å². The van der Waals surface area contributed by atoms with Crippen molar-refractivity contribution in [2.75, 3.05) is 5.73 Å². The highest BCUT2D eigenvalue weighted by Crippen LogP contribution is 2.22. The lowest BCUT2D eigenvalue weighted by molar-refractivity contribution is 0.475. The van der Waals surface area contributed by atoms with Crippen LogP contribution in [0.15, 0.2) is 12.1 Å². The Kier molecular flexibility index (Phi) is 2.53. The Labute approximate surface area is 72.2 Å². The largest absolute Gasteiger partial charge is 0.504 e. The van der Waals surface area contributed by atoms with Gasteiger partial charge < -0.3 is 10.8 Å². The zero-order valence-electron chi connectivity index (χ0n) is 7.41. The average Bonchev–Trinajstić information content (AvgIpc) is 2.08. The number of anilines is 1. The number of aromatic nitrogens is 1. The maximum Gasteiger partial charge on any atom is 0.166 e. The molecule has 0 saturated carbocycles. The van der Waals surface area contributed by atoms with Gasteiger partial charge in [0.1, 0.15) is 0 Å². The molecule has 0 aliphatic heterocycles. The van der Waals surface area contributed by atoms with Crippen molar-refractivity contribution in [3.8, 4) is 5.75 Å². The minimum atomic E-state index is 0.0575. The minimum Gasteiger partial charge on any atom is -0.504 e. The summed E-state index contributed by atoms with van der Waals surface area (Å²) in [5.41, 5.74) is 6.39. The fourth-order valence-electron chi connectivity index (χ4n) is 0.967. The first-order valence-electron chi connectivity index (χ1n) is 4.10. The van der Waals surface area contributed by atoms with Crippen LogP contribution in [-0.4, -0.2) is 10.1 Å². The van der Waals surface area contributed by atoms with E-state index in [4.69, 9.17) is 10.8 Å². The van der Waals surface area contributed by atoms with Crippen LogP contribution in [0.2, 0.25) is 0 Å². The zero-order valence-corrected chi connectivity index (χ0v) is 7.41. The smallest absolute Gasteiger partial charge is 0.166 e. The molecule has 0 aliphatic rings. The number of hydrogen-bond acceptors (Lipinski definition) is 3. The van der Waals surface area contributed by atoms with Gasteiger partial charge >= 0.3 is 0 Å². The Morgan fingerprint density at radius 1 is 1.58 bits per heavy atom. The molecule has 1 aromatic heterocycles. The van der Waals surface area contributed by atoms with E-state index in [0.717, 1.165) is 12.1 Å². The van der Waals surface area contributed by atoms with Crippen LogP contribution in [0.25, 0.3) is 0 Å². The van der Waals surface area contributed by atoms with Crippen LogP contribution in [0, 0.1) is 0 Å². The Morgan fingerprint density at radius 2 is 2.25 bits per heavy atom. The first-order chi connectivity index (χ1) is 5.65. The van der Waals surface area contributed by atoms with Gasteiger partial charge in [0.2, 0.25) is 0 Å². The predicted octanol–water partition coefficient (Wildman–Crippen LogP) is 1.88. The lowest BCUT2D eigenvalue weighted by atomic mass is 10.0. The third kappa shape index (κ3) is 1.67. The summed E-state index contributed by atoms with van der Waals surface area (Å²) in [6.45, 7) is 4.17. The summed E-state index contributed by atoms with van der Waals surface area (Å²) in [5.74, 6) is 0.669. The highest BCUT2D eigenvalue weighted by atomic mass is 16.3. The molecule has 3 heteroatoms. The van der Waals surface area contributed by atoms with Crippen LogP contribution >= 0.6 is 0 Å². The molecule has 0 saturated heterocycles. The Balaban J connectivity index is 2.96. The minimum absolute atomic E-state index is 0.0575. The molecule has 1 heterocycles. The summed E-state index contributed by atoms with van der Waals surface area (Å²) in [4.78, 5) is 4.07. The maximum atomic E-state index is 9.11. The van der Waals surface area contributed by atoms with Gasteiger partial charge in [-0.15, -0.1) is 0 Å². The van der Waals surface area contributed by atoms with Gasteiger partial charge in [0.25, 0.3) is 0 Å². The molecule has 1 rings (SSSR count). The Morgan fingerprint density at radius 3 is 2.75 bits per heavy atom. The van der Waals surface area contributed by atoms with Gasteiger partial charge in [0.05, 0.1) is 0 Å². The molecule has 0 bridgehead atoms. The van der Waals surface area contributed by atoms with Crippen molar-refractivity contribution in [2.24, 2.45) is 0 Å². The van der Waals surface area contributed by atoms with Crippen LogP contribution in [0.3, 0.4) is 0 Å². The van der Waals surface area contributed by atoms with E-state index in [9.17, 15) is 0 Å². The molecule has 12 heavy (non-hydrogen) atoms. The van der Waals surface area contributed by atoms with E-state index in [1.54, 1.807) is 12.1 Å². The second-order valence-electron chi connectivity index (χ2n) is 2.95. The molecule has 0 spiro atoms. The molecular weight excluding hydrogens is 152 g/mol. The van der Waals surface area contributed by atoms with Crippen molar-refractivity contribution in [1.82, 2.24) is 4.98 Å². The molecule has 0 amide bonds. The quantitative estimate of drug-likeness (QED) is 0.705. The fourth-order valence-corrected chi connectivity index (χ4v) is 0.967. The van der Waals surface area contributed by atoms with E-state index in [1.807, 2.05) is 0 Å². The summed E-state index contributed by atoms with van der Waals surface area (Å²) in [6.07, 6.45) is 1.03. The lowest BCUT2D eigenvalue weighted by Crippen LogP contribution is -1.99. The third-order valence-corrected chi connectivity index (χ3v) is 2.04. The number of nitrogens with zero attached hydrogens (tertiary/aromatic N) is 1. The van der Waals surface area contributed by atoms with Gasteiger partial charge in [-0.25, -0.2) is 4.98 Å². The zero-order chi connectivity index (χ0) is 9.14. The van der Waals surface area contributed by atoms with E-state index < -0.39 is 0 Å². The topological polar surface area (TPSA) is 59.1 Å². The monoisotopic (exact) mass is 166 g/mol. The van der Waals surface area contributed by atoms with E-state index >= 15 is 0 Å². The molecule has 0 radical (unpaired) electrons. The number of hydrogen-bond donors (Lipinski definition) is 2. The number of nitrogen functional groups attached to an aromatic ring is 1. The van der Waals surface area contributed by atoms with Gasteiger partial charge in [0.15, 0.2) is 11.6 Å². The molecule has 0 aliphatic carbocycles. The number of pyridine rings is 1. The summed E-state index contributed by atoms with van der Waals surface area (Å²) < 4.78 is 0. The average molecular weight is 166 g/mol. The van der Waals surface area contributed by atoms with Gasteiger partial charge in [-0.3, -0.25) is 0 Å². The van der Waals surface area contributed by atoms with E-state index in [1.165, 1.54) is 0 Å². The van der Waals surface area contributed by atoms with Crippen molar-refractivity contribution in [1.29, 1.82) is 0 Å². The standard InChI is InChI=1S/C9H14N2O/c1-3-6(2)7-4-5-8(12)9(10)11-7/h4-6,12H,3H2,1-2H3,(H2,10,11). The van der Waals surface area contributed by atoms with Crippen molar-refractivity contribution >= 4 is 5.82 Å². The first-order valence-corrected chi connectivity index (χ1v) is 4.10. The highest BCUT2D eigenvalue weighted by Gasteiger charge is 2.06. The van der Waals surface area contributed by atoms with E-state index in [0.29, 0.717) is 5.92 Å². The van der Waals surface area contributed by atoms with Crippen LogP contribution in [0.4, 0.5) is 5.82 Å². The summed E-state index contributed by atoms with van der Waals surface area (Å²) >= 11 is 0. The molecular formula is C9H14N2O. The molecule has 3 nitrogen and oxygen atoms in total. The van der Waals surface area contributed by atoms with Crippen LogP contribution in [0.1, 0.15) is 31.9 Å². The van der Waals surface area contributed by atoms with Gasteiger partial charge in [-0.2, -0.15) is 0 Å². The maximum absolute atomic E-state index is 9.11. The van der Waals surface area contributed by atoms with Crippen LogP contribution in [0.5, 0.6) is 5.75 Å². The number of aromatic hydroxyl groups is 1. The van der Waals surface area contributed by atoms with Crippen LogP contribution in [-0.2, 0) is 0 Å². The normalized spacial score (nSPS) is 12.8. The molecule has 0 fully saturated rings. The Hall–Kier alpha value is -1.25. The summed E-state index contributed by atoms with van der Waals surface area (Å²) in [6, 6.07) is 3.39. The third-order valence-electron chi connectivity index (χ3n) is 2.04. The molecule has 0 aromatic carbocycles. The number of nitrogens with two attached hydrogens (primary N) is 1. The van der Waals surface area contributed by atoms with Crippen molar-refractivity contribution in [2.45, 2.75) is 26.2 Å². The van der Waals surface area contributed by atoms with E-state index in [2.05, 4.69) is 18.8 Å². The Bertz CT molecular complexity index is 273. The summed E-state index contributed by atoms with van der Waals surface area (Å²) in [5, 5.41) is 9.11. The van der Waals surface area contributed by atoms with E-state index in [-0.39, 0.29) is 11.6 Å². The first kappa shape index (κ1) is 8.84. The molecule has 3 N–H and O–H groups in total. The second kappa shape index (κ2) is 3.43. The summed E-state index contributed by atoms with van der Waals surface area (Å²) in [7, 11) is 0. The highest BCUT2D eigenvalue weighted by molar-refractivity contribution is 5.45. The molecule has 1 unspecified atom stereocenters. The number of rotatable bonds is 2. The van der Waals surface area contributed by atoms with Gasteiger partial charge in [-0.05, 0) is 24.5 Å². The molecule has 1 atom stereocenters. The lowest BCUT2D eigenvalue weighted by Gasteiger charge is -2.08. The predicted molar refractivity (Wildman–Crippen MR) is 49.0 cm³/mol. The van der Waals surface area contributed by atoms with Gasteiger partial charge in [-0.1, -0.05) is 13.8 Å². The second-order valence-corrected chi connectivity index (χ2v) is 2.95.